The van der Waals surface area contributed by atoms with Crippen LogP contribution in [0.25, 0.3) is 0 Å². The summed E-state index contributed by atoms with van der Waals surface area (Å²) in [7, 11) is 0. The molecule has 0 spiro atoms. The van der Waals surface area contributed by atoms with Crippen molar-refractivity contribution in [3.8, 4) is 0 Å². The highest BCUT2D eigenvalue weighted by molar-refractivity contribution is 5.94. The first-order valence-electron chi connectivity index (χ1n) is 6.60. The number of carbonyl (C=O) groups is 1. The smallest absolute Gasteiger partial charge is 0.226 e. The van der Waals surface area contributed by atoms with E-state index in [0.29, 0.717) is 6.42 Å². The van der Waals surface area contributed by atoms with Crippen molar-refractivity contribution < 1.29 is 4.79 Å². The fourth-order valence-electron chi connectivity index (χ4n) is 2.48. The van der Waals surface area contributed by atoms with Crippen LogP contribution in [0, 0.1) is 0 Å². The predicted molar refractivity (Wildman–Crippen MR) is 75.8 cm³/mol. The molecule has 1 aromatic carbocycles. The van der Waals surface area contributed by atoms with Crippen molar-refractivity contribution in [1.29, 1.82) is 0 Å². The molecule has 1 aliphatic heterocycles. The van der Waals surface area contributed by atoms with Crippen LogP contribution in [0.2, 0.25) is 0 Å². The number of carbonyl (C=O) groups excluding carboxylic acids is 1. The Morgan fingerprint density at radius 1 is 1.22 bits per heavy atom. The fourth-order valence-corrected chi connectivity index (χ4v) is 2.48. The second kappa shape index (κ2) is 4.63. The Hall–Kier alpha value is -1.51. The first-order valence-corrected chi connectivity index (χ1v) is 6.60. The maximum absolute atomic E-state index is 11.9. The summed E-state index contributed by atoms with van der Waals surface area (Å²) in [5.41, 5.74) is 9.00. The van der Waals surface area contributed by atoms with E-state index < -0.39 is 0 Å². The Balaban J connectivity index is 2.31. The van der Waals surface area contributed by atoms with Crippen molar-refractivity contribution in [2.24, 2.45) is 0 Å². The van der Waals surface area contributed by atoms with E-state index in [1.54, 1.807) is 0 Å². The molecule has 0 aliphatic carbocycles. The highest BCUT2D eigenvalue weighted by Crippen LogP contribution is 2.31. The Morgan fingerprint density at radius 2 is 1.94 bits per heavy atom. The molecule has 3 heteroatoms. The average molecular weight is 246 g/mol. The normalized spacial score (nSPS) is 17.1. The van der Waals surface area contributed by atoms with Gasteiger partial charge < -0.3 is 10.6 Å². The molecule has 0 bridgehead atoms. The SMILES string of the molecule is CC(C)(C)c1ccc(N2CCCCC2=O)cc1N. The highest BCUT2D eigenvalue weighted by Gasteiger charge is 2.22. The second-order valence-corrected chi connectivity index (χ2v) is 6.02. The minimum atomic E-state index is 0.0362. The van der Waals surface area contributed by atoms with Gasteiger partial charge in [0.2, 0.25) is 5.91 Å². The van der Waals surface area contributed by atoms with E-state index in [2.05, 4.69) is 20.8 Å². The first-order chi connectivity index (χ1) is 8.39. The summed E-state index contributed by atoms with van der Waals surface area (Å²) in [6.45, 7) is 7.24. The minimum Gasteiger partial charge on any atom is -0.398 e. The van der Waals surface area contributed by atoms with Crippen LogP contribution in [0.4, 0.5) is 11.4 Å². The largest absolute Gasteiger partial charge is 0.398 e. The number of nitrogens with zero attached hydrogens (tertiary/aromatic N) is 1. The van der Waals surface area contributed by atoms with Gasteiger partial charge in [-0.1, -0.05) is 26.8 Å². The molecule has 1 aliphatic rings. The second-order valence-electron chi connectivity index (χ2n) is 6.02. The van der Waals surface area contributed by atoms with Gasteiger partial charge in [0.15, 0.2) is 0 Å². The Kier molecular flexibility index (Phi) is 3.33. The molecule has 1 amide bonds. The molecule has 98 valence electrons. The van der Waals surface area contributed by atoms with Gasteiger partial charge in [-0.25, -0.2) is 0 Å². The monoisotopic (exact) mass is 246 g/mol. The van der Waals surface area contributed by atoms with Crippen molar-refractivity contribution in [1.82, 2.24) is 0 Å². The topological polar surface area (TPSA) is 46.3 Å². The van der Waals surface area contributed by atoms with Gasteiger partial charge >= 0.3 is 0 Å². The van der Waals surface area contributed by atoms with Crippen LogP contribution < -0.4 is 10.6 Å². The summed E-state index contributed by atoms with van der Waals surface area (Å²) >= 11 is 0. The fraction of sp³-hybridized carbons (Fsp3) is 0.533. The van der Waals surface area contributed by atoms with E-state index in [1.807, 2.05) is 23.1 Å². The number of piperidine rings is 1. The molecule has 1 aromatic rings. The molecule has 0 radical (unpaired) electrons. The molecule has 1 saturated heterocycles. The van der Waals surface area contributed by atoms with Crippen molar-refractivity contribution in [3.63, 3.8) is 0 Å². The van der Waals surface area contributed by atoms with Gasteiger partial charge in [0, 0.05) is 24.3 Å². The molecule has 0 unspecified atom stereocenters. The lowest BCUT2D eigenvalue weighted by Gasteiger charge is -2.28. The number of nitrogen functional groups attached to an aromatic ring is 1. The molecule has 3 nitrogen and oxygen atoms in total. The molecule has 0 aromatic heterocycles. The van der Waals surface area contributed by atoms with Crippen molar-refractivity contribution in [2.45, 2.75) is 45.4 Å². The molecular formula is C15H22N2O. The van der Waals surface area contributed by atoms with E-state index in [1.165, 1.54) is 0 Å². The number of hydrogen-bond acceptors (Lipinski definition) is 2. The lowest BCUT2D eigenvalue weighted by atomic mass is 9.85. The Morgan fingerprint density at radius 3 is 2.50 bits per heavy atom. The minimum absolute atomic E-state index is 0.0362. The molecule has 1 heterocycles. The van der Waals surface area contributed by atoms with Gasteiger partial charge in [-0.15, -0.1) is 0 Å². The van der Waals surface area contributed by atoms with E-state index in [-0.39, 0.29) is 11.3 Å². The van der Waals surface area contributed by atoms with E-state index in [0.717, 1.165) is 36.3 Å². The zero-order chi connectivity index (χ0) is 13.3. The lowest BCUT2D eigenvalue weighted by molar-refractivity contribution is -0.119. The maximum Gasteiger partial charge on any atom is 0.226 e. The summed E-state index contributed by atoms with van der Waals surface area (Å²) in [5, 5.41) is 0. The first kappa shape index (κ1) is 12.9. The number of amides is 1. The predicted octanol–water partition coefficient (Wildman–Crippen LogP) is 3.08. The van der Waals surface area contributed by atoms with Crippen LogP contribution in [0.5, 0.6) is 0 Å². The number of benzene rings is 1. The van der Waals surface area contributed by atoms with Crippen LogP contribution >= 0.6 is 0 Å². The standard InChI is InChI=1S/C15H22N2O/c1-15(2,3)12-8-7-11(10-13(12)16)17-9-5-4-6-14(17)18/h7-8,10H,4-6,9,16H2,1-3H3. The number of nitrogens with two attached hydrogens (primary N) is 1. The van der Waals surface area contributed by atoms with E-state index in [4.69, 9.17) is 5.73 Å². The average Bonchev–Trinajstić information content (AvgIpc) is 2.27. The van der Waals surface area contributed by atoms with Crippen LogP contribution in [-0.4, -0.2) is 12.5 Å². The van der Waals surface area contributed by atoms with E-state index >= 15 is 0 Å². The van der Waals surface area contributed by atoms with Gasteiger partial charge in [-0.2, -0.15) is 0 Å². The summed E-state index contributed by atoms with van der Waals surface area (Å²) in [6.07, 6.45) is 2.73. The summed E-state index contributed by atoms with van der Waals surface area (Å²) < 4.78 is 0. The summed E-state index contributed by atoms with van der Waals surface area (Å²) in [4.78, 5) is 13.7. The Bertz CT molecular complexity index is 460. The maximum atomic E-state index is 11.9. The number of rotatable bonds is 1. The quantitative estimate of drug-likeness (QED) is 0.774. The van der Waals surface area contributed by atoms with Crippen LogP contribution in [0.15, 0.2) is 18.2 Å². The number of anilines is 2. The highest BCUT2D eigenvalue weighted by atomic mass is 16.2. The summed E-state index contributed by atoms with van der Waals surface area (Å²) in [5.74, 6) is 0.212. The Labute approximate surface area is 109 Å². The van der Waals surface area contributed by atoms with Gasteiger partial charge in [-0.05, 0) is 36.0 Å². The molecular weight excluding hydrogens is 224 g/mol. The van der Waals surface area contributed by atoms with Gasteiger partial charge in [0.25, 0.3) is 0 Å². The van der Waals surface area contributed by atoms with Crippen LogP contribution in [0.1, 0.15) is 45.6 Å². The molecule has 1 fully saturated rings. The molecule has 18 heavy (non-hydrogen) atoms. The molecule has 0 atom stereocenters. The van der Waals surface area contributed by atoms with Gasteiger partial charge in [0.1, 0.15) is 0 Å². The third kappa shape index (κ3) is 2.50. The van der Waals surface area contributed by atoms with Crippen molar-refractivity contribution in [2.75, 3.05) is 17.2 Å². The zero-order valence-corrected chi connectivity index (χ0v) is 11.5. The molecule has 0 saturated carbocycles. The third-order valence-corrected chi connectivity index (χ3v) is 3.48. The van der Waals surface area contributed by atoms with E-state index in [9.17, 15) is 4.79 Å². The van der Waals surface area contributed by atoms with Crippen LogP contribution in [0.3, 0.4) is 0 Å². The van der Waals surface area contributed by atoms with Crippen molar-refractivity contribution >= 4 is 17.3 Å². The zero-order valence-electron chi connectivity index (χ0n) is 11.5. The number of hydrogen-bond donors (Lipinski definition) is 1. The van der Waals surface area contributed by atoms with Gasteiger partial charge in [-0.3, -0.25) is 4.79 Å². The van der Waals surface area contributed by atoms with Crippen molar-refractivity contribution in [3.05, 3.63) is 23.8 Å². The third-order valence-electron chi connectivity index (χ3n) is 3.48. The summed E-state index contributed by atoms with van der Waals surface area (Å²) in [6, 6.07) is 6.00. The molecule has 2 rings (SSSR count). The molecule has 2 N–H and O–H groups in total. The van der Waals surface area contributed by atoms with Crippen LogP contribution in [-0.2, 0) is 10.2 Å². The lowest BCUT2D eigenvalue weighted by Crippen LogP contribution is -2.35. The van der Waals surface area contributed by atoms with Gasteiger partial charge in [0.05, 0.1) is 0 Å².